The molecule has 70 valence electrons. The maximum Gasteiger partial charge on any atom is 0.0876 e. The maximum absolute atomic E-state index is 6.04. The molecule has 0 bridgehead atoms. The first-order valence-electron chi connectivity index (χ1n) is 4.32. The average Bonchev–Trinajstić information content (AvgIpc) is 2.71. The molecule has 2 N–H and O–H groups in total. The summed E-state index contributed by atoms with van der Waals surface area (Å²) < 4.78 is 5.24. The molecule has 1 aliphatic rings. The minimum absolute atomic E-state index is 0.0206. The van der Waals surface area contributed by atoms with Crippen LogP contribution in [0.4, 0.5) is 0 Å². The highest BCUT2D eigenvalue weighted by molar-refractivity contribution is 7.09. The van der Waals surface area contributed by atoms with E-state index < -0.39 is 0 Å². The highest BCUT2D eigenvalue weighted by Gasteiger charge is 2.15. The van der Waals surface area contributed by atoms with Gasteiger partial charge in [-0.25, -0.2) is 0 Å². The summed E-state index contributed by atoms with van der Waals surface area (Å²) in [5, 5.41) is 0. The van der Waals surface area contributed by atoms with Gasteiger partial charge in [0.25, 0.3) is 0 Å². The van der Waals surface area contributed by atoms with Crippen molar-refractivity contribution in [1.29, 1.82) is 0 Å². The third-order valence-corrected chi connectivity index (χ3v) is 2.98. The largest absolute Gasteiger partial charge is 0.501 e. The van der Waals surface area contributed by atoms with Crippen molar-refractivity contribution in [1.82, 2.24) is 4.98 Å². The summed E-state index contributed by atoms with van der Waals surface area (Å²) in [6.45, 7) is 0.818. The van der Waals surface area contributed by atoms with Gasteiger partial charge in [-0.1, -0.05) is 0 Å². The van der Waals surface area contributed by atoms with Crippen LogP contribution in [0.1, 0.15) is 23.8 Å². The lowest BCUT2D eigenvalue weighted by Crippen LogP contribution is -2.15. The highest BCUT2D eigenvalue weighted by atomic mass is 32.1. The lowest BCUT2D eigenvalue weighted by molar-refractivity contribution is 0.221. The zero-order chi connectivity index (χ0) is 9.10. The minimum atomic E-state index is -0.0206. The Morgan fingerprint density at radius 2 is 2.54 bits per heavy atom. The first-order chi connectivity index (χ1) is 6.38. The van der Waals surface area contributed by atoms with Gasteiger partial charge in [-0.2, -0.15) is 0 Å². The number of hydrogen-bond acceptors (Lipinski definition) is 4. The van der Waals surface area contributed by atoms with Gasteiger partial charge in [0.15, 0.2) is 0 Å². The zero-order valence-electron chi connectivity index (χ0n) is 7.27. The quantitative estimate of drug-likeness (QED) is 0.785. The summed E-state index contributed by atoms with van der Waals surface area (Å²) in [5.74, 6) is 0. The number of thiazole rings is 1. The van der Waals surface area contributed by atoms with Crippen LogP contribution >= 0.6 is 11.3 Å². The van der Waals surface area contributed by atoms with Crippen LogP contribution in [0.2, 0.25) is 0 Å². The van der Waals surface area contributed by atoms with E-state index in [-0.39, 0.29) is 6.04 Å². The van der Waals surface area contributed by atoms with Crippen LogP contribution in [0.3, 0.4) is 0 Å². The molecule has 4 heteroatoms. The standard InChI is InChI=1S/C9H12N2OS/c10-9(8-4-11-6-13-8)7-2-1-3-12-5-7/h4-6,9H,1-3,10H2. The fourth-order valence-corrected chi connectivity index (χ4v) is 2.04. The van der Waals surface area contributed by atoms with E-state index in [4.69, 9.17) is 10.5 Å². The van der Waals surface area contributed by atoms with Crippen molar-refractivity contribution in [3.05, 3.63) is 28.4 Å². The van der Waals surface area contributed by atoms with E-state index in [0.29, 0.717) is 0 Å². The van der Waals surface area contributed by atoms with Crippen molar-refractivity contribution in [3.63, 3.8) is 0 Å². The maximum atomic E-state index is 6.04. The van der Waals surface area contributed by atoms with E-state index in [1.807, 2.05) is 6.20 Å². The fourth-order valence-electron chi connectivity index (χ4n) is 1.38. The van der Waals surface area contributed by atoms with Crippen LogP contribution in [0.15, 0.2) is 23.5 Å². The van der Waals surface area contributed by atoms with Crippen molar-refractivity contribution in [2.24, 2.45) is 5.73 Å². The van der Waals surface area contributed by atoms with Crippen molar-refractivity contribution >= 4 is 11.3 Å². The Labute approximate surface area is 81.2 Å². The molecule has 0 saturated heterocycles. The summed E-state index contributed by atoms with van der Waals surface area (Å²) in [4.78, 5) is 5.12. The molecule has 0 radical (unpaired) electrons. The lowest BCUT2D eigenvalue weighted by Gasteiger charge is -2.18. The molecule has 0 aliphatic carbocycles. The predicted octanol–water partition coefficient (Wildman–Crippen LogP) is 1.84. The fraction of sp³-hybridized carbons (Fsp3) is 0.444. The molecule has 1 atom stereocenters. The summed E-state index contributed by atoms with van der Waals surface area (Å²) in [6.07, 6.45) is 5.73. The van der Waals surface area contributed by atoms with Crippen LogP contribution in [-0.2, 0) is 4.74 Å². The monoisotopic (exact) mass is 196 g/mol. The first-order valence-corrected chi connectivity index (χ1v) is 5.20. The predicted molar refractivity (Wildman–Crippen MR) is 52.3 cm³/mol. The topological polar surface area (TPSA) is 48.1 Å². The normalized spacial score (nSPS) is 19.0. The summed E-state index contributed by atoms with van der Waals surface area (Å²) in [7, 11) is 0. The van der Waals surface area contributed by atoms with Gasteiger partial charge in [-0.15, -0.1) is 11.3 Å². The molecule has 3 nitrogen and oxygen atoms in total. The summed E-state index contributed by atoms with van der Waals surface area (Å²) >= 11 is 1.59. The van der Waals surface area contributed by atoms with Gasteiger partial charge < -0.3 is 10.5 Å². The first kappa shape index (κ1) is 8.72. The van der Waals surface area contributed by atoms with Crippen LogP contribution in [0, 0.1) is 0 Å². The Morgan fingerprint density at radius 3 is 3.15 bits per heavy atom. The second kappa shape index (κ2) is 3.89. The van der Waals surface area contributed by atoms with Crippen molar-refractivity contribution in [3.8, 4) is 0 Å². The molecule has 0 fully saturated rings. The van der Waals surface area contributed by atoms with Crippen LogP contribution < -0.4 is 5.73 Å². The molecule has 1 aliphatic heterocycles. The molecule has 2 heterocycles. The van der Waals surface area contributed by atoms with Gasteiger partial charge in [0.05, 0.1) is 24.4 Å². The van der Waals surface area contributed by atoms with Crippen molar-refractivity contribution in [2.75, 3.05) is 6.61 Å². The molecule has 13 heavy (non-hydrogen) atoms. The third-order valence-electron chi connectivity index (χ3n) is 2.12. The molecule has 1 aromatic heterocycles. The number of rotatable bonds is 2. The Balaban J connectivity index is 2.12. The SMILES string of the molecule is NC(C1=COCCC1)c1cncs1. The smallest absolute Gasteiger partial charge is 0.0876 e. The number of hydrogen-bond donors (Lipinski definition) is 1. The van der Waals surface area contributed by atoms with Crippen LogP contribution in [0.5, 0.6) is 0 Å². The van der Waals surface area contributed by atoms with E-state index in [9.17, 15) is 0 Å². The molecular formula is C9H12N2OS. The lowest BCUT2D eigenvalue weighted by atomic mass is 10.0. The molecule has 0 aromatic carbocycles. The Hall–Kier alpha value is -0.870. The highest BCUT2D eigenvalue weighted by Crippen LogP contribution is 2.27. The number of aromatic nitrogens is 1. The Kier molecular flexibility index (Phi) is 2.61. The second-order valence-electron chi connectivity index (χ2n) is 3.05. The molecule has 0 saturated carbocycles. The molecule has 1 aromatic rings. The van der Waals surface area contributed by atoms with Gasteiger partial charge in [-0.3, -0.25) is 4.98 Å². The molecule has 0 spiro atoms. The minimum Gasteiger partial charge on any atom is -0.501 e. The number of nitrogens with zero attached hydrogens (tertiary/aromatic N) is 1. The van der Waals surface area contributed by atoms with E-state index in [2.05, 4.69) is 4.98 Å². The van der Waals surface area contributed by atoms with Gasteiger partial charge in [0.1, 0.15) is 0 Å². The van der Waals surface area contributed by atoms with Crippen LogP contribution in [0.25, 0.3) is 0 Å². The zero-order valence-corrected chi connectivity index (χ0v) is 8.09. The Morgan fingerprint density at radius 1 is 1.62 bits per heavy atom. The van der Waals surface area contributed by atoms with Crippen molar-refractivity contribution in [2.45, 2.75) is 18.9 Å². The second-order valence-corrected chi connectivity index (χ2v) is 3.97. The molecule has 0 amide bonds. The van der Waals surface area contributed by atoms with Gasteiger partial charge in [0.2, 0.25) is 0 Å². The summed E-state index contributed by atoms with van der Waals surface area (Å²) in [5.41, 5.74) is 9.02. The Bertz CT molecular complexity index is 295. The van der Waals surface area contributed by atoms with Crippen molar-refractivity contribution < 1.29 is 4.74 Å². The molecule has 1 unspecified atom stereocenters. The van der Waals surface area contributed by atoms with Gasteiger partial charge in [0, 0.05) is 11.1 Å². The van der Waals surface area contributed by atoms with Gasteiger partial charge in [-0.05, 0) is 18.4 Å². The number of ether oxygens (including phenoxy) is 1. The van der Waals surface area contributed by atoms with E-state index in [1.54, 1.807) is 23.1 Å². The number of nitrogens with two attached hydrogens (primary N) is 1. The van der Waals surface area contributed by atoms with Crippen LogP contribution in [-0.4, -0.2) is 11.6 Å². The summed E-state index contributed by atoms with van der Waals surface area (Å²) in [6, 6.07) is -0.0206. The van der Waals surface area contributed by atoms with E-state index in [0.717, 1.165) is 24.3 Å². The molecular weight excluding hydrogens is 184 g/mol. The van der Waals surface area contributed by atoms with E-state index >= 15 is 0 Å². The van der Waals surface area contributed by atoms with E-state index in [1.165, 1.54) is 5.57 Å². The van der Waals surface area contributed by atoms with Gasteiger partial charge >= 0.3 is 0 Å². The molecule has 2 rings (SSSR count). The third kappa shape index (κ3) is 1.89. The average molecular weight is 196 g/mol.